The predicted molar refractivity (Wildman–Crippen MR) is 61.9 cm³/mol. The van der Waals surface area contributed by atoms with Crippen LogP contribution in [0.1, 0.15) is 44.9 Å². The van der Waals surface area contributed by atoms with E-state index in [2.05, 4.69) is 4.90 Å². The van der Waals surface area contributed by atoms with Crippen LogP contribution in [0.15, 0.2) is 0 Å². The smallest absolute Gasteiger partial charge is 0.0235 e. The Morgan fingerprint density at radius 1 is 1.07 bits per heavy atom. The third-order valence-corrected chi connectivity index (χ3v) is 4.20. The van der Waals surface area contributed by atoms with Crippen LogP contribution in [0, 0.1) is 5.92 Å². The SMILES string of the molecule is ClCCCN1CCC[C@@H]2CCCC[C@@H]21. The maximum absolute atomic E-state index is 5.77. The van der Waals surface area contributed by atoms with E-state index in [0.717, 1.165) is 17.8 Å². The van der Waals surface area contributed by atoms with Gasteiger partial charge in [-0.25, -0.2) is 0 Å². The van der Waals surface area contributed by atoms with E-state index in [1.807, 2.05) is 0 Å². The van der Waals surface area contributed by atoms with Crippen molar-refractivity contribution < 1.29 is 0 Å². The first kappa shape index (κ1) is 10.8. The van der Waals surface area contributed by atoms with Gasteiger partial charge in [-0.2, -0.15) is 0 Å². The van der Waals surface area contributed by atoms with E-state index in [1.165, 1.54) is 58.0 Å². The highest BCUT2D eigenvalue weighted by Gasteiger charge is 2.32. The minimum atomic E-state index is 0.827. The second-order valence-corrected chi connectivity index (χ2v) is 5.21. The first-order chi connectivity index (χ1) is 6.92. The Morgan fingerprint density at radius 2 is 1.86 bits per heavy atom. The van der Waals surface area contributed by atoms with E-state index in [1.54, 1.807) is 0 Å². The quantitative estimate of drug-likeness (QED) is 0.654. The summed E-state index contributed by atoms with van der Waals surface area (Å²) in [6.07, 6.45) is 9.95. The van der Waals surface area contributed by atoms with Crippen molar-refractivity contribution in [3.05, 3.63) is 0 Å². The summed E-state index contributed by atoms with van der Waals surface area (Å²) >= 11 is 5.77. The van der Waals surface area contributed by atoms with E-state index in [0.29, 0.717) is 0 Å². The number of piperidine rings is 1. The topological polar surface area (TPSA) is 3.24 Å². The minimum Gasteiger partial charge on any atom is -0.300 e. The number of hydrogen-bond donors (Lipinski definition) is 0. The standard InChI is InChI=1S/C12H22ClN/c13-8-4-10-14-9-3-6-11-5-1-2-7-12(11)14/h11-12H,1-10H2/t11-,12-/m0/s1. The molecule has 0 spiro atoms. The van der Waals surface area contributed by atoms with Crippen molar-refractivity contribution >= 4 is 11.6 Å². The highest BCUT2D eigenvalue weighted by molar-refractivity contribution is 6.17. The summed E-state index contributed by atoms with van der Waals surface area (Å²) in [6.45, 7) is 2.57. The molecule has 2 rings (SSSR count). The second kappa shape index (κ2) is 5.37. The van der Waals surface area contributed by atoms with E-state index < -0.39 is 0 Å². The van der Waals surface area contributed by atoms with Gasteiger partial charge in [0.05, 0.1) is 0 Å². The second-order valence-electron chi connectivity index (χ2n) is 4.83. The van der Waals surface area contributed by atoms with Gasteiger partial charge in [0, 0.05) is 11.9 Å². The van der Waals surface area contributed by atoms with Crippen molar-refractivity contribution in [3.8, 4) is 0 Å². The van der Waals surface area contributed by atoms with Gasteiger partial charge in [-0.15, -0.1) is 11.6 Å². The zero-order valence-corrected chi connectivity index (χ0v) is 9.81. The van der Waals surface area contributed by atoms with Crippen LogP contribution in [0.5, 0.6) is 0 Å². The van der Waals surface area contributed by atoms with Gasteiger partial charge in [-0.05, 0) is 51.1 Å². The third-order valence-electron chi connectivity index (χ3n) is 3.94. The Bertz CT molecular complexity index is 170. The molecule has 2 fully saturated rings. The fraction of sp³-hybridized carbons (Fsp3) is 1.00. The molecule has 0 bridgehead atoms. The van der Waals surface area contributed by atoms with E-state index in [4.69, 9.17) is 11.6 Å². The summed E-state index contributed by atoms with van der Waals surface area (Å²) in [7, 11) is 0. The van der Waals surface area contributed by atoms with Crippen molar-refractivity contribution in [1.82, 2.24) is 4.90 Å². The molecular weight excluding hydrogens is 194 g/mol. The average Bonchev–Trinajstić information content (AvgIpc) is 2.26. The largest absolute Gasteiger partial charge is 0.300 e. The van der Waals surface area contributed by atoms with E-state index >= 15 is 0 Å². The van der Waals surface area contributed by atoms with Crippen LogP contribution < -0.4 is 0 Å². The Kier molecular flexibility index (Phi) is 4.12. The average molecular weight is 216 g/mol. The maximum Gasteiger partial charge on any atom is 0.0235 e. The van der Waals surface area contributed by atoms with Gasteiger partial charge in [-0.1, -0.05) is 12.8 Å². The Labute approximate surface area is 92.8 Å². The molecular formula is C12H22ClN. The van der Waals surface area contributed by atoms with Crippen molar-refractivity contribution in [2.75, 3.05) is 19.0 Å². The van der Waals surface area contributed by atoms with E-state index in [-0.39, 0.29) is 0 Å². The lowest BCUT2D eigenvalue weighted by Crippen LogP contribution is -2.47. The van der Waals surface area contributed by atoms with E-state index in [9.17, 15) is 0 Å². The van der Waals surface area contributed by atoms with Gasteiger partial charge in [0.15, 0.2) is 0 Å². The molecule has 0 radical (unpaired) electrons. The molecule has 1 nitrogen and oxygen atoms in total. The molecule has 2 atom stereocenters. The van der Waals surface area contributed by atoms with Crippen LogP contribution in [0.4, 0.5) is 0 Å². The molecule has 1 saturated heterocycles. The van der Waals surface area contributed by atoms with Crippen molar-refractivity contribution in [3.63, 3.8) is 0 Å². The van der Waals surface area contributed by atoms with Crippen LogP contribution in [0.25, 0.3) is 0 Å². The number of fused-ring (bicyclic) bond motifs is 1. The van der Waals surface area contributed by atoms with Gasteiger partial charge in [0.1, 0.15) is 0 Å². The highest BCUT2D eigenvalue weighted by atomic mass is 35.5. The molecule has 0 N–H and O–H groups in total. The summed E-state index contributed by atoms with van der Waals surface area (Å²) < 4.78 is 0. The Morgan fingerprint density at radius 3 is 2.71 bits per heavy atom. The number of hydrogen-bond acceptors (Lipinski definition) is 1. The zero-order valence-electron chi connectivity index (χ0n) is 9.05. The number of nitrogens with zero attached hydrogens (tertiary/aromatic N) is 1. The number of likely N-dealkylation sites (tertiary alicyclic amines) is 1. The fourth-order valence-corrected chi connectivity index (χ4v) is 3.39. The minimum absolute atomic E-state index is 0.827. The first-order valence-electron chi connectivity index (χ1n) is 6.22. The summed E-state index contributed by atoms with van der Waals surface area (Å²) in [4.78, 5) is 2.72. The molecule has 0 aromatic rings. The summed E-state index contributed by atoms with van der Waals surface area (Å²) in [5, 5.41) is 0. The molecule has 0 aromatic heterocycles. The molecule has 0 amide bonds. The summed E-state index contributed by atoms with van der Waals surface area (Å²) in [5.41, 5.74) is 0. The monoisotopic (exact) mass is 215 g/mol. The normalized spacial score (nSPS) is 34.1. The Balaban J connectivity index is 1.88. The van der Waals surface area contributed by atoms with Gasteiger partial charge in [0.25, 0.3) is 0 Å². The van der Waals surface area contributed by atoms with Crippen molar-refractivity contribution in [2.45, 2.75) is 51.0 Å². The van der Waals surface area contributed by atoms with Crippen LogP contribution in [-0.2, 0) is 0 Å². The molecule has 82 valence electrons. The highest BCUT2D eigenvalue weighted by Crippen LogP contribution is 2.35. The summed E-state index contributed by atoms with van der Waals surface area (Å²) in [5.74, 6) is 1.85. The fourth-order valence-electron chi connectivity index (χ4n) is 3.27. The molecule has 0 unspecified atom stereocenters. The van der Waals surface area contributed by atoms with Crippen molar-refractivity contribution in [1.29, 1.82) is 0 Å². The molecule has 1 heterocycles. The molecule has 14 heavy (non-hydrogen) atoms. The third kappa shape index (κ3) is 2.43. The number of alkyl halides is 1. The van der Waals surface area contributed by atoms with Crippen LogP contribution in [-0.4, -0.2) is 29.9 Å². The van der Waals surface area contributed by atoms with Gasteiger partial charge < -0.3 is 4.90 Å². The molecule has 1 aliphatic carbocycles. The number of halogens is 1. The Hall–Kier alpha value is 0.250. The molecule has 1 aliphatic heterocycles. The molecule has 1 saturated carbocycles. The maximum atomic E-state index is 5.77. The molecule has 0 aromatic carbocycles. The predicted octanol–water partition coefficient (Wildman–Crippen LogP) is 3.27. The number of rotatable bonds is 3. The van der Waals surface area contributed by atoms with Crippen LogP contribution in [0.2, 0.25) is 0 Å². The van der Waals surface area contributed by atoms with Gasteiger partial charge in [-0.3, -0.25) is 0 Å². The van der Waals surface area contributed by atoms with Crippen LogP contribution >= 0.6 is 11.6 Å². The van der Waals surface area contributed by atoms with Gasteiger partial charge in [0.2, 0.25) is 0 Å². The zero-order chi connectivity index (χ0) is 9.80. The van der Waals surface area contributed by atoms with Crippen LogP contribution in [0.3, 0.4) is 0 Å². The van der Waals surface area contributed by atoms with Crippen molar-refractivity contribution in [2.24, 2.45) is 5.92 Å². The molecule has 2 heteroatoms. The van der Waals surface area contributed by atoms with Gasteiger partial charge >= 0.3 is 0 Å². The lowest BCUT2D eigenvalue weighted by atomic mass is 9.78. The lowest BCUT2D eigenvalue weighted by molar-refractivity contribution is 0.0613. The lowest BCUT2D eigenvalue weighted by Gasteiger charge is -2.44. The molecule has 2 aliphatic rings. The first-order valence-corrected chi connectivity index (χ1v) is 6.75. The summed E-state index contributed by atoms with van der Waals surface area (Å²) in [6, 6.07) is 0.917.